The van der Waals surface area contributed by atoms with Crippen LogP contribution in [-0.4, -0.2) is 8.42 Å². The fraction of sp³-hybridized carbons (Fsp3) is 0.143. The van der Waals surface area contributed by atoms with E-state index in [2.05, 4.69) is 4.72 Å². The summed E-state index contributed by atoms with van der Waals surface area (Å²) < 4.78 is 27.2. The van der Waals surface area contributed by atoms with Gasteiger partial charge in [-0.1, -0.05) is 35.3 Å². The van der Waals surface area contributed by atoms with E-state index in [1.54, 1.807) is 31.2 Å². The van der Waals surface area contributed by atoms with Gasteiger partial charge in [-0.15, -0.1) is 0 Å². The molecule has 2 aromatic carbocycles. The SMILES string of the molecule is CC(NS(=O)(=O)c1ccc(Cl)c(N)c1)c1ccc(Cl)cc1. The number of sulfonamides is 1. The average Bonchev–Trinajstić information content (AvgIpc) is 2.42. The van der Waals surface area contributed by atoms with Crippen molar-refractivity contribution < 1.29 is 8.42 Å². The van der Waals surface area contributed by atoms with Crippen molar-refractivity contribution in [2.24, 2.45) is 0 Å². The fourth-order valence-electron chi connectivity index (χ4n) is 1.81. The quantitative estimate of drug-likeness (QED) is 0.832. The molecule has 0 spiro atoms. The van der Waals surface area contributed by atoms with Gasteiger partial charge < -0.3 is 5.73 Å². The first kappa shape index (κ1) is 16.1. The predicted molar refractivity (Wildman–Crippen MR) is 86.1 cm³/mol. The van der Waals surface area contributed by atoms with Gasteiger partial charge in [-0.05, 0) is 42.8 Å². The van der Waals surface area contributed by atoms with Crippen molar-refractivity contribution in [1.82, 2.24) is 4.72 Å². The summed E-state index contributed by atoms with van der Waals surface area (Å²) in [7, 11) is -3.68. The first-order valence-corrected chi connectivity index (χ1v) is 8.36. The largest absolute Gasteiger partial charge is 0.397 e. The van der Waals surface area contributed by atoms with Gasteiger partial charge in [0.1, 0.15) is 0 Å². The third kappa shape index (κ3) is 3.89. The minimum Gasteiger partial charge on any atom is -0.397 e. The highest BCUT2D eigenvalue weighted by atomic mass is 35.5. The van der Waals surface area contributed by atoms with Gasteiger partial charge in [-0.3, -0.25) is 0 Å². The van der Waals surface area contributed by atoms with Gasteiger partial charge in [0, 0.05) is 11.1 Å². The lowest BCUT2D eigenvalue weighted by Gasteiger charge is -2.15. The molecule has 0 aliphatic rings. The Bertz CT molecular complexity index is 746. The molecule has 0 aliphatic carbocycles. The Balaban J connectivity index is 2.24. The number of rotatable bonds is 4. The molecule has 1 unspecified atom stereocenters. The zero-order chi connectivity index (χ0) is 15.6. The summed E-state index contributed by atoms with van der Waals surface area (Å²) in [5, 5.41) is 0.916. The summed E-state index contributed by atoms with van der Waals surface area (Å²) in [5.41, 5.74) is 6.67. The van der Waals surface area contributed by atoms with Crippen LogP contribution in [0, 0.1) is 0 Å². The predicted octanol–water partition coefficient (Wildman–Crippen LogP) is 3.62. The maximum Gasteiger partial charge on any atom is 0.241 e. The lowest BCUT2D eigenvalue weighted by molar-refractivity contribution is 0.567. The molecule has 0 aliphatic heterocycles. The van der Waals surface area contributed by atoms with Gasteiger partial charge in [0.15, 0.2) is 0 Å². The van der Waals surface area contributed by atoms with Gasteiger partial charge in [0.05, 0.1) is 15.6 Å². The molecule has 4 nitrogen and oxygen atoms in total. The zero-order valence-corrected chi connectivity index (χ0v) is 13.5. The molecule has 7 heteroatoms. The number of nitrogens with one attached hydrogen (secondary N) is 1. The number of nitrogen functional groups attached to an aromatic ring is 1. The minimum absolute atomic E-state index is 0.0743. The Morgan fingerprint density at radius 1 is 1.10 bits per heavy atom. The zero-order valence-electron chi connectivity index (χ0n) is 11.2. The third-order valence-electron chi connectivity index (χ3n) is 2.98. The second-order valence-corrected chi connectivity index (χ2v) is 7.14. The smallest absolute Gasteiger partial charge is 0.241 e. The van der Waals surface area contributed by atoms with Gasteiger partial charge in [0.2, 0.25) is 10.0 Å². The Kier molecular flexibility index (Phi) is 4.78. The number of benzene rings is 2. The molecule has 0 saturated heterocycles. The molecule has 3 N–H and O–H groups in total. The second-order valence-electron chi connectivity index (χ2n) is 4.58. The van der Waals surface area contributed by atoms with E-state index in [4.69, 9.17) is 28.9 Å². The van der Waals surface area contributed by atoms with Crippen LogP contribution in [0.1, 0.15) is 18.5 Å². The van der Waals surface area contributed by atoms with E-state index >= 15 is 0 Å². The fourth-order valence-corrected chi connectivity index (χ4v) is 3.32. The summed E-state index contributed by atoms with van der Waals surface area (Å²) in [6.45, 7) is 1.75. The van der Waals surface area contributed by atoms with Crippen LogP contribution in [-0.2, 0) is 10.0 Å². The highest BCUT2D eigenvalue weighted by molar-refractivity contribution is 7.89. The van der Waals surface area contributed by atoms with Crippen LogP contribution in [0.3, 0.4) is 0 Å². The Morgan fingerprint density at radius 2 is 1.71 bits per heavy atom. The topological polar surface area (TPSA) is 72.2 Å². The summed E-state index contributed by atoms with van der Waals surface area (Å²) in [5.74, 6) is 0. The van der Waals surface area contributed by atoms with Gasteiger partial charge in [0.25, 0.3) is 0 Å². The lowest BCUT2D eigenvalue weighted by Crippen LogP contribution is -2.27. The number of anilines is 1. The number of halogens is 2. The first-order valence-electron chi connectivity index (χ1n) is 6.12. The van der Waals surface area contributed by atoms with Gasteiger partial charge >= 0.3 is 0 Å². The first-order chi connectivity index (χ1) is 9.79. The maximum absolute atomic E-state index is 12.3. The molecule has 0 saturated carbocycles. The summed E-state index contributed by atoms with van der Waals surface area (Å²) >= 11 is 11.6. The van der Waals surface area contributed by atoms with E-state index in [-0.39, 0.29) is 10.6 Å². The second kappa shape index (κ2) is 6.23. The Morgan fingerprint density at radius 3 is 2.29 bits per heavy atom. The van der Waals surface area contributed by atoms with Crippen LogP contribution >= 0.6 is 23.2 Å². The van der Waals surface area contributed by atoms with E-state index in [0.717, 1.165) is 5.56 Å². The van der Waals surface area contributed by atoms with Crippen LogP contribution in [0.4, 0.5) is 5.69 Å². The lowest BCUT2D eigenvalue weighted by atomic mass is 10.1. The Hall–Kier alpha value is -1.27. The number of nitrogens with two attached hydrogens (primary N) is 1. The number of hydrogen-bond acceptors (Lipinski definition) is 3. The molecule has 1 atom stereocenters. The average molecular weight is 345 g/mol. The molecular formula is C14H14Cl2N2O2S. The van der Waals surface area contributed by atoms with Crippen LogP contribution in [0.2, 0.25) is 10.0 Å². The molecule has 21 heavy (non-hydrogen) atoms. The van der Waals surface area contributed by atoms with Crippen molar-refractivity contribution in [2.75, 3.05) is 5.73 Å². The maximum atomic E-state index is 12.3. The highest BCUT2D eigenvalue weighted by Gasteiger charge is 2.19. The molecule has 0 heterocycles. The van der Waals surface area contributed by atoms with E-state index in [1.165, 1.54) is 18.2 Å². The molecule has 2 aromatic rings. The molecule has 0 bridgehead atoms. The molecule has 0 amide bonds. The molecule has 0 radical (unpaired) electrons. The highest BCUT2D eigenvalue weighted by Crippen LogP contribution is 2.24. The van der Waals surface area contributed by atoms with Crippen LogP contribution in [0.5, 0.6) is 0 Å². The van der Waals surface area contributed by atoms with Gasteiger partial charge in [-0.25, -0.2) is 13.1 Å². The molecular weight excluding hydrogens is 331 g/mol. The van der Waals surface area contributed by atoms with E-state index in [1.807, 2.05) is 0 Å². The molecule has 112 valence electrons. The summed E-state index contributed by atoms with van der Waals surface area (Å²) in [6, 6.07) is 10.8. The minimum atomic E-state index is -3.68. The Labute approximate surface area is 133 Å². The third-order valence-corrected chi connectivity index (χ3v) is 5.11. The van der Waals surface area contributed by atoms with E-state index < -0.39 is 16.1 Å². The van der Waals surface area contributed by atoms with Crippen molar-refractivity contribution in [3.05, 3.63) is 58.1 Å². The number of hydrogen-bond donors (Lipinski definition) is 2. The van der Waals surface area contributed by atoms with Crippen molar-refractivity contribution >= 4 is 38.9 Å². The van der Waals surface area contributed by atoms with Crippen molar-refractivity contribution in [2.45, 2.75) is 17.9 Å². The van der Waals surface area contributed by atoms with Crippen molar-refractivity contribution in [3.8, 4) is 0 Å². The molecule has 0 aromatic heterocycles. The van der Waals surface area contributed by atoms with E-state index in [9.17, 15) is 8.42 Å². The van der Waals surface area contributed by atoms with Crippen LogP contribution in [0.15, 0.2) is 47.4 Å². The monoisotopic (exact) mass is 344 g/mol. The van der Waals surface area contributed by atoms with Crippen LogP contribution in [0.25, 0.3) is 0 Å². The summed E-state index contributed by atoms with van der Waals surface area (Å²) in [4.78, 5) is 0.0743. The van der Waals surface area contributed by atoms with E-state index in [0.29, 0.717) is 10.0 Å². The molecule has 2 rings (SSSR count). The van der Waals surface area contributed by atoms with Crippen LogP contribution < -0.4 is 10.5 Å². The van der Waals surface area contributed by atoms with Crippen molar-refractivity contribution in [3.63, 3.8) is 0 Å². The molecule has 0 fully saturated rings. The normalized spacial score (nSPS) is 13.1. The summed E-state index contributed by atoms with van der Waals surface area (Å²) in [6.07, 6.45) is 0. The van der Waals surface area contributed by atoms with Gasteiger partial charge in [-0.2, -0.15) is 0 Å². The van der Waals surface area contributed by atoms with Crippen molar-refractivity contribution in [1.29, 1.82) is 0 Å². The standard InChI is InChI=1S/C14H14Cl2N2O2S/c1-9(10-2-4-11(15)5-3-10)18-21(19,20)12-6-7-13(16)14(17)8-12/h2-9,18H,17H2,1H3.